The summed E-state index contributed by atoms with van der Waals surface area (Å²) in [6, 6.07) is 12.1. The summed E-state index contributed by atoms with van der Waals surface area (Å²) in [5, 5.41) is 1.82. The summed E-state index contributed by atoms with van der Waals surface area (Å²) in [5.74, 6) is 0.541. The molecule has 0 saturated carbocycles. The zero-order chi connectivity index (χ0) is 13.0. The van der Waals surface area contributed by atoms with E-state index in [1.807, 2.05) is 24.3 Å². The molecule has 18 heavy (non-hydrogen) atoms. The smallest absolute Gasteiger partial charge is 0.0931 e. The normalized spacial score (nSPS) is 12.6. The Morgan fingerprint density at radius 2 is 1.83 bits per heavy atom. The lowest BCUT2D eigenvalue weighted by Gasteiger charge is -2.14. The first-order valence-electron chi connectivity index (χ1n) is 5.72. The molecule has 4 heteroatoms. The first-order valence-corrected chi connectivity index (χ1v) is 8.42. The molecule has 0 N–H and O–H groups in total. The summed E-state index contributed by atoms with van der Waals surface area (Å²) in [6.07, 6.45) is 2.02. The van der Waals surface area contributed by atoms with Gasteiger partial charge in [-0.1, -0.05) is 57.3 Å². The molecule has 96 valence electrons. The number of alkyl halides is 1. The van der Waals surface area contributed by atoms with Gasteiger partial charge in [-0.05, 0) is 42.5 Å². The molecule has 1 unspecified atom stereocenters. The van der Waals surface area contributed by atoms with E-state index < -0.39 is 0 Å². The average molecular weight is 364 g/mol. The molecule has 0 nitrogen and oxygen atoms in total. The first-order chi connectivity index (χ1) is 8.69. The van der Waals surface area contributed by atoms with Crippen LogP contribution in [0.2, 0.25) is 9.36 Å². The largest absolute Gasteiger partial charge is 0.128 e. The number of benzene rings is 1. The molecular formula is C14H13BrCl2S. The predicted molar refractivity (Wildman–Crippen MR) is 85.5 cm³/mol. The summed E-state index contributed by atoms with van der Waals surface area (Å²) in [5.41, 5.74) is 1.21. The van der Waals surface area contributed by atoms with E-state index in [0.29, 0.717) is 5.92 Å². The minimum absolute atomic E-state index is 0.541. The van der Waals surface area contributed by atoms with Gasteiger partial charge in [0.15, 0.2) is 0 Å². The molecule has 0 amide bonds. The second-order valence-corrected chi connectivity index (χ2v) is 7.08. The van der Waals surface area contributed by atoms with Crippen LogP contribution in [0.25, 0.3) is 0 Å². The number of rotatable bonds is 5. The SMILES string of the molecule is Clc1ccc(CC(CBr)Cc2ccccc2Cl)s1. The molecule has 0 radical (unpaired) electrons. The van der Waals surface area contributed by atoms with Gasteiger partial charge >= 0.3 is 0 Å². The standard InChI is InChI=1S/C14H13BrCl2S/c15-9-10(8-12-5-6-14(17)18-12)7-11-3-1-2-4-13(11)16/h1-6,10H,7-9H2. The quantitative estimate of drug-likeness (QED) is 0.584. The molecule has 2 aromatic rings. The fourth-order valence-electron chi connectivity index (χ4n) is 1.90. The zero-order valence-electron chi connectivity index (χ0n) is 9.70. The van der Waals surface area contributed by atoms with Crippen LogP contribution in [-0.2, 0) is 12.8 Å². The van der Waals surface area contributed by atoms with Gasteiger partial charge in [0.2, 0.25) is 0 Å². The molecule has 0 bridgehead atoms. The van der Waals surface area contributed by atoms with Crippen molar-refractivity contribution in [3.8, 4) is 0 Å². The Labute approximate surface area is 130 Å². The van der Waals surface area contributed by atoms with Crippen molar-refractivity contribution >= 4 is 50.5 Å². The van der Waals surface area contributed by atoms with Gasteiger partial charge in [0.1, 0.15) is 0 Å². The van der Waals surface area contributed by atoms with Crippen LogP contribution in [0.4, 0.5) is 0 Å². The molecule has 0 aliphatic heterocycles. The third-order valence-corrected chi connectivity index (χ3v) is 5.34. The lowest BCUT2D eigenvalue weighted by molar-refractivity contribution is 0.596. The van der Waals surface area contributed by atoms with E-state index in [-0.39, 0.29) is 0 Å². The summed E-state index contributed by atoms with van der Waals surface area (Å²) in [6.45, 7) is 0. The van der Waals surface area contributed by atoms with Crippen LogP contribution in [0.1, 0.15) is 10.4 Å². The lowest BCUT2D eigenvalue weighted by atomic mass is 9.97. The van der Waals surface area contributed by atoms with E-state index in [0.717, 1.165) is 27.5 Å². The van der Waals surface area contributed by atoms with Crippen molar-refractivity contribution in [2.24, 2.45) is 5.92 Å². The average Bonchev–Trinajstić information content (AvgIpc) is 2.76. The van der Waals surface area contributed by atoms with Crippen molar-refractivity contribution in [2.45, 2.75) is 12.8 Å². The molecule has 0 fully saturated rings. The highest BCUT2D eigenvalue weighted by Crippen LogP contribution is 2.27. The van der Waals surface area contributed by atoms with E-state index in [9.17, 15) is 0 Å². The third kappa shape index (κ3) is 3.99. The Bertz CT molecular complexity index is 510. The van der Waals surface area contributed by atoms with E-state index in [1.165, 1.54) is 10.4 Å². The van der Waals surface area contributed by atoms with E-state index in [2.05, 4.69) is 28.1 Å². The Morgan fingerprint density at radius 3 is 2.44 bits per heavy atom. The molecule has 0 aliphatic carbocycles. The summed E-state index contributed by atoms with van der Waals surface area (Å²) < 4.78 is 0.857. The van der Waals surface area contributed by atoms with Crippen molar-refractivity contribution in [3.05, 3.63) is 56.2 Å². The van der Waals surface area contributed by atoms with E-state index in [4.69, 9.17) is 23.2 Å². The molecule has 0 aliphatic rings. The number of hydrogen-bond acceptors (Lipinski definition) is 1. The Hall–Kier alpha value is -0.0200. The Kier molecular flexibility index (Phi) is 5.56. The first kappa shape index (κ1) is 14.4. The van der Waals surface area contributed by atoms with Crippen molar-refractivity contribution < 1.29 is 0 Å². The van der Waals surface area contributed by atoms with Crippen LogP contribution >= 0.6 is 50.5 Å². The highest BCUT2D eigenvalue weighted by molar-refractivity contribution is 9.09. The van der Waals surface area contributed by atoms with E-state index in [1.54, 1.807) is 11.3 Å². The van der Waals surface area contributed by atoms with Gasteiger partial charge < -0.3 is 0 Å². The minimum Gasteiger partial charge on any atom is -0.128 e. The van der Waals surface area contributed by atoms with Gasteiger partial charge in [-0.2, -0.15) is 0 Å². The van der Waals surface area contributed by atoms with Gasteiger partial charge in [-0.15, -0.1) is 11.3 Å². The molecule has 1 aromatic heterocycles. The van der Waals surface area contributed by atoms with Gasteiger partial charge in [-0.3, -0.25) is 0 Å². The highest BCUT2D eigenvalue weighted by atomic mass is 79.9. The van der Waals surface area contributed by atoms with Gasteiger partial charge in [0.05, 0.1) is 4.34 Å². The predicted octanol–water partition coefficient (Wildman–Crippen LogP) is 5.85. The molecular weight excluding hydrogens is 351 g/mol. The second-order valence-electron chi connectivity index (χ2n) is 4.23. The maximum Gasteiger partial charge on any atom is 0.0931 e. The summed E-state index contributed by atoms with van der Waals surface area (Å²) >= 11 is 17.4. The molecule has 1 aromatic carbocycles. The topological polar surface area (TPSA) is 0 Å². The van der Waals surface area contributed by atoms with Crippen molar-refractivity contribution in [2.75, 3.05) is 5.33 Å². The van der Waals surface area contributed by atoms with Gasteiger partial charge in [0, 0.05) is 15.2 Å². The molecule has 0 spiro atoms. The number of hydrogen-bond donors (Lipinski definition) is 0. The van der Waals surface area contributed by atoms with Crippen molar-refractivity contribution in [1.29, 1.82) is 0 Å². The van der Waals surface area contributed by atoms with Crippen molar-refractivity contribution in [3.63, 3.8) is 0 Å². The minimum atomic E-state index is 0.541. The fourth-order valence-corrected chi connectivity index (χ4v) is 3.77. The molecule has 1 atom stereocenters. The second kappa shape index (κ2) is 6.95. The van der Waals surface area contributed by atoms with Crippen LogP contribution in [0, 0.1) is 5.92 Å². The fraction of sp³-hybridized carbons (Fsp3) is 0.286. The van der Waals surface area contributed by atoms with Crippen molar-refractivity contribution in [1.82, 2.24) is 0 Å². The zero-order valence-corrected chi connectivity index (χ0v) is 13.6. The van der Waals surface area contributed by atoms with Gasteiger partial charge in [0.25, 0.3) is 0 Å². The molecule has 0 saturated heterocycles. The van der Waals surface area contributed by atoms with Gasteiger partial charge in [-0.25, -0.2) is 0 Å². The van der Waals surface area contributed by atoms with Crippen LogP contribution in [-0.4, -0.2) is 5.33 Å². The Balaban J connectivity index is 2.04. The molecule has 1 heterocycles. The Morgan fingerprint density at radius 1 is 1.06 bits per heavy atom. The van der Waals surface area contributed by atoms with Crippen LogP contribution in [0.5, 0.6) is 0 Å². The monoisotopic (exact) mass is 362 g/mol. The number of thiophene rings is 1. The maximum atomic E-state index is 6.20. The summed E-state index contributed by atoms with van der Waals surface area (Å²) in [7, 11) is 0. The maximum absolute atomic E-state index is 6.20. The van der Waals surface area contributed by atoms with E-state index >= 15 is 0 Å². The lowest BCUT2D eigenvalue weighted by Crippen LogP contribution is -2.09. The highest BCUT2D eigenvalue weighted by Gasteiger charge is 2.12. The molecule has 2 rings (SSSR count). The number of halogens is 3. The van der Waals surface area contributed by atoms with Crippen LogP contribution < -0.4 is 0 Å². The van der Waals surface area contributed by atoms with Crippen LogP contribution in [0.3, 0.4) is 0 Å². The summed E-state index contributed by atoms with van der Waals surface area (Å²) in [4.78, 5) is 1.33. The third-order valence-electron chi connectivity index (χ3n) is 2.80. The van der Waals surface area contributed by atoms with Crippen LogP contribution in [0.15, 0.2) is 36.4 Å².